The molecule has 0 fully saturated rings. The summed E-state index contributed by atoms with van der Waals surface area (Å²) < 4.78 is 6.05. The second kappa shape index (κ2) is 13.4. The number of rotatable bonds is 10. The van der Waals surface area contributed by atoms with Gasteiger partial charge in [0, 0.05) is 32.1 Å². The van der Waals surface area contributed by atoms with E-state index >= 15 is 0 Å². The number of carbonyl (C=O) groups excluding carboxylic acids is 1. The standard InChI is InChI=1S/C33H45N3O3Si/c1-8-35(9-2)32(38)39-31-23-36(27(22-34)20-26(31)21-30(37)25(3)4)24-40(33(5,6)7,28-16-12-10-13-17-28)29-18-14-11-15-19-29/h10-19,27,30,37H,3,8-9,20-21,23-24H2,1-2,4-7H3. The Balaban J connectivity index is 2.14. The second-order valence-corrected chi connectivity index (χ2v) is 16.6. The van der Waals surface area contributed by atoms with Crippen molar-refractivity contribution in [1.82, 2.24) is 9.80 Å². The maximum absolute atomic E-state index is 13.1. The van der Waals surface area contributed by atoms with E-state index in [-0.39, 0.29) is 5.04 Å². The van der Waals surface area contributed by atoms with Crippen LogP contribution >= 0.6 is 0 Å². The van der Waals surface area contributed by atoms with Crippen molar-refractivity contribution in [2.45, 2.75) is 71.6 Å². The van der Waals surface area contributed by atoms with E-state index in [1.807, 2.05) is 26.0 Å². The molecule has 0 saturated heterocycles. The van der Waals surface area contributed by atoms with Gasteiger partial charge in [0.1, 0.15) is 19.9 Å². The number of carbonyl (C=O) groups is 1. The minimum Gasteiger partial charge on any atom is -0.413 e. The molecule has 2 unspecified atom stereocenters. The molecule has 40 heavy (non-hydrogen) atoms. The lowest BCUT2D eigenvalue weighted by atomic mass is 9.93. The van der Waals surface area contributed by atoms with Gasteiger partial charge in [-0.25, -0.2) is 4.79 Å². The highest BCUT2D eigenvalue weighted by Gasteiger charge is 2.50. The largest absolute Gasteiger partial charge is 0.414 e. The number of ether oxygens (including phenoxy) is 1. The number of nitriles is 1. The number of amides is 1. The lowest BCUT2D eigenvalue weighted by Gasteiger charge is -2.48. The van der Waals surface area contributed by atoms with Crippen molar-refractivity contribution in [2.24, 2.45) is 0 Å². The van der Waals surface area contributed by atoms with Gasteiger partial charge in [0.25, 0.3) is 0 Å². The van der Waals surface area contributed by atoms with Crippen molar-refractivity contribution in [1.29, 1.82) is 5.26 Å². The van der Waals surface area contributed by atoms with Crippen LogP contribution in [0, 0.1) is 11.3 Å². The SMILES string of the molecule is C=C(C)C(O)CC1=C(OC(=O)N(CC)CC)CN(C[Si](c2ccccc2)(c2ccccc2)C(C)(C)C)C(C#N)C1. The molecular weight excluding hydrogens is 514 g/mol. The fourth-order valence-corrected chi connectivity index (χ4v) is 11.1. The van der Waals surface area contributed by atoms with Gasteiger partial charge in [0.2, 0.25) is 0 Å². The summed E-state index contributed by atoms with van der Waals surface area (Å²) in [5.74, 6) is 0.543. The molecule has 1 aliphatic heterocycles. The minimum atomic E-state index is -2.53. The van der Waals surface area contributed by atoms with Crippen LogP contribution < -0.4 is 10.4 Å². The molecule has 7 heteroatoms. The van der Waals surface area contributed by atoms with Crippen LogP contribution in [0.5, 0.6) is 0 Å². The molecule has 0 bridgehead atoms. The van der Waals surface area contributed by atoms with Gasteiger partial charge >= 0.3 is 6.09 Å². The summed E-state index contributed by atoms with van der Waals surface area (Å²) in [6, 6.07) is 23.5. The fraction of sp³-hybridized carbons (Fsp3) is 0.455. The number of hydrogen-bond acceptors (Lipinski definition) is 5. The average Bonchev–Trinajstić information content (AvgIpc) is 2.93. The smallest absolute Gasteiger partial charge is 0.413 e. The van der Waals surface area contributed by atoms with E-state index in [0.717, 1.165) is 5.57 Å². The first-order valence-corrected chi connectivity index (χ1v) is 16.4. The van der Waals surface area contributed by atoms with Crippen LogP contribution in [0.3, 0.4) is 0 Å². The molecule has 1 heterocycles. The zero-order valence-corrected chi connectivity index (χ0v) is 26.0. The van der Waals surface area contributed by atoms with Gasteiger partial charge in [-0.15, -0.1) is 0 Å². The number of benzene rings is 2. The molecule has 0 saturated carbocycles. The van der Waals surface area contributed by atoms with Gasteiger partial charge in [-0.2, -0.15) is 5.26 Å². The molecule has 3 rings (SSSR count). The summed E-state index contributed by atoms with van der Waals surface area (Å²) in [7, 11) is -2.53. The first-order chi connectivity index (χ1) is 19.0. The third-order valence-corrected chi connectivity index (χ3v) is 14.3. The van der Waals surface area contributed by atoms with Crippen LogP contribution in [0.4, 0.5) is 4.79 Å². The molecule has 0 aromatic heterocycles. The van der Waals surface area contributed by atoms with Gasteiger partial charge in [-0.1, -0.05) is 104 Å². The molecule has 1 N–H and O–H groups in total. The zero-order chi connectivity index (χ0) is 29.5. The summed E-state index contributed by atoms with van der Waals surface area (Å²) in [6.45, 7) is 17.8. The number of nitrogens with zero attached hydrogens (tertiary/aromatic N) is 3. The molecule has 6 nitrogen and oxygen atoms in total. The van der Waals surface area contributed by atoms with Crippen LogP contribution in [-0.2, 0) is 4.74 Å². The number of aliphatic hydroxyl groups excluding tert-OH is 1. The number of aliphatic hydroxyl groups is 1. The maximum atomic E-state index is 13.1. The van der Waals surface area contributed by atoms with Crippen molar-refractivity contribution in [3.05, 3.63) is 84.1 Å². The highest BCUT2D eigenvalue weighted by Crippen LogP contribution is 2.38. The van der Waals surface area contributed by atoms with E-state index < -0.39 is 26.3 Å². The zero-order valence-electron chi connectivity index (χ0n) is 25.0. The molecule has 0 radical (unpaired) electrons. The molecule has 1 aliphatic rings. The highest BCUT2D eigenvalue weighted by atomic mass is 28.3. The predicted octanol–water partition coefficient (Wildman–Crippen LogP) is 5.25. The van der Waals surface area contributed by atoms with Crippen LogP contribution in [-0.4, -0.2) is 67.0 Å². The van der Waals surface area contributed by atoms with Crippen LogP contribution in [0.2, 0.25) is 5.04 Å². The van der Waals surface area contributed by atoms with Crippen LogP contribution in [0.25, 0.3) is 0 Å². The Morgan fingerprint density at radius 3 is 2.08 bits per heavy atom. The van der Waals surface area contributed by atoms with E-state index in [2.05, 4.69) is 86.9 Å². The van der Waals surface area contributed by atoms with Crippen molar-refractivity contribution < 1.29 is 14.6 Å². The van der Waals surface area contributed by atoms with Gasteiger partial charge < -0.3 is 14.7 Å². The first-order valence-electron chi connectivity index (χ1n) is 14.2. The van der Waals surface area contributed by atoms with Crippen molar-refractivity contribution in [3.8, 4) is 6.07 Å². The van der Waals surface area contributed by atoms with Crippen LogP contribution in [0.15, 0.2) is 84.1 Å². The summed E-state index contributed by atoms with van der Waals surface area (Å²) in [5, 5.41) is 23.6. The number of hydrogen-bond donors (Lipinski definition) is 1. The topological polar surface area (TPSA) is 76.8 Å². The van der Waals surface area contributed by atoms with Gasteiger partial charge in [0.15, 0.2) is 0 Å². The molecule has 0 aliphatic carbocycles. The Morgan fingerprint density at radius 1 is 1.12 bits per heavy atom. The third-order valence-electron chi connectivity index (χ3n) is 8.27. The molecule has 2 atom stereocenters. The summed E-state index contributed by atoms with van der Waals surface area (Å²) in [6.07, 6.45) is 0.218. The monoisotopic (exact) mass is 559 g/mol. The Kier molecular flexibility index (Phi) is 10.5. The van der Waals surface area contributed by atoms with Gasteiger partial charge in [0.05, 0.1) is 18.7 Å². The molecule has 214 valence electrons. The Bertz CT molecular complexity index is 1190. The normalized spacial score (nSPS) is 17.2. The van der Waals surface area contributed by atoms with Crippen molar-refractivity contribution >= 4 is 24.5 Å². The maximum Gasteiger partial charge on any atom is 0.414 e. The Labute approximate surface area is 241 Å². The first kappa shape index (κ1) is 31.3. The highest BCUT2D eigenvalue weighted by molar-refractivity contribution is 7.04. The van der Waals surface area contributed by atoms with E-state index in [4.69, 9.17) is 4.74 Å². The second-order valence-electron chi connectivity index (χ2n) is 11.8. The summed E-state index contributed by atoms with van der Waals surface area (Å²) >= 11 is 0. The minimum absolute atomic E-state index is 0.0894. The fourth-order valence-electron chi connectivity index (χ4n) is 5.74. The lowest BCUT2D eigenvalue weighted by molar-refractivity contribution is 0.113. The van der Waals surface area contributed by atoms with E-state index in [0.29, 0.717) is 50.0 Å². The predicted molar refractivity (Wildman–Crippen MR) is 165 cm³/mol. The van der Waals surface area contributed by atoms with E-state index in [1.54, 1.807) is 11.8 Å². The average molecular weight is 560 g/mol. The van der Waals surface area contributed by atoms with E-state index in [1.165, 1.54) is 10.4 Å². The van der Waals surface area contributed by atoms with Crippen molar-refractivity contribution in [2.75, 3.05) is 25.8 Å². The Hall–Kier alpha value is -3.18. The molecule has 2 aromatic rings. The van der Waals surface area contributed by atoms with Gasteiger partial charge in [-0.3, -0.25) is 4.90 Å². The molecular formula is C33H45N3O3Si. The summed E-state index contributed by atoms with van der Waals surface area (Å²) in [4.78, 5) is 16.9. The van der Waals surface area contributed by atoms with Gasteiger partial charge in [-0.05, 0) is 31.4 Å². The van der Waals surface area contributed by atoms with E-state index in [9.17, 15) is 15.2 Å². The molecule has 2 aromatic carbocycles. The third kappa shape index (κ3) is 6.75. The molecule has 0 spiro atoms. The van der Waals surface area contributed by atoms with Crippen LogP contribution in [0.1, 0.15) is 54.4 Å². The lowest BCUT2D eigenvalue weighted by Crippen LogP contribution is -2.71. The summed E-state index contributed by atoms with van der Waals surface area (Å²) in [5.41, 5.74) is 1.45. The Morgan fingerprint density at radius 2 is 1.65 bits per heavy atom. The molecule has 1 amide bonds. The van der Waals surface area contributed by atoms with Crippen molar-refractivity contribution in [3.63, 3.8) is 0 Å². The quantitative estimate of drug-likeness (QED) is 0.318.